The molecular formula is C25H21N5O2. The van der Waals surface area contributed by atoms with Gasteiger partial charge in [-0.1, -0.05) is 72.8 Å². The fourth-order valence-electron chi connectivity index (χ4n) is 4.02. The lowest BCUT2D eigenvalue weighted by atomic mass is 9.77. The lowest BCUT2D eigenvalue weighted by molar-refractivity contribution is 0.414. The zero-order chi connectivity index (χ0) is 22.0. The summed E-state index contributed by atoms with van der Waals surface area (Å²) in [6, 6.07) is 28.0. The largest absolute Gasteiger partial charge is 0.497 e. The number of hydrogen-bond acceptors (Lipinski definition) is 5. The fraction of sp³-hybridized carbons (Fsp3) is 0.0800. The third-order valence-corrected chi connectivity index (χ3v) is 5.53. The number of benzene rings is 3. The first kappa shape index (κ1) is 19.6. The summed E-state index contributed by atoms with van der Waals surface area (Å²) in [5.41, 5.74) is 2.48. The lowest BCUT2D eigenvalue weighted by Gasteiger charge is -2.37. The highest BCUT2D eigenvalue weighted by atomic mass is 16.5. The average molecular weight is 423 g/mol. The van der Waals surface area contributed by atoms with E-state index in [4.69, 9.17) is 4.74 Å². The van der Waals surface area contributed by atoms with Gasteiger partial charge in [-0.3, -0.25) is 9.78 Å². The summed E-state index contributed by atoms with van der Waals surface area (Å²) in [6.45, 7) is 0. The Morgan fingerprint density at radius 1 is 0.844 bits per heavy atom. The lowest BCUT2D eigenvalue weighted by Crippen LogP contribution is -2.39. The molecule has 7 nitrogen and oxygen atoms in total. The van der Waals surface area contributed by atoms with Gasteiger partial charge in [0.15, 0.2) is 11.2 Å². The second kappa shape index (κ2) is 8.03. The SMILES string of the molecule is COc1ccc(C(Nc2nc3[nH]cnc3c(=O)[nH]2)(c2ccccc2)c2ccccc2)cc1. The van der Waals surface area contributed by atoms with Crippen LogP contribution in [0.1, 0.15) is 16.7 Å². The van der Waals surface area contributed by atoms with Gasteiger partial charge in [-0.15, -0.1) is 0 Å². The van der Waals surface area contributed by atoms with E-state index in [0.717, 1.165) is 22.4 Å². The first-order valence-corrected chi connectivity index (χ1v) is 10.2. The number of imidazole rings is 1. The van der Waals surface area contributed by atoms with Crippen LogP contribution in [-0.2, 0) is 5.54 Å². The van der Waals surface area contributed by atoms with Crippen molar-refractivity contribution in [2.24, 2.45) is 0 Å². The number of hydrogen-bond donors (Lipinski definition) is 3. The molecule has 0 fully saturated rings. The second-order valence-corrected chi connectivity index (χ2v) is 7.35. The first-order chi connectivity index (χ1) is 15.7. The van der Waals surface area contributed by atoms with E-state index in [9.17, 15) is 4.79 Å². The van der Waals surface area contributed by atoms with Crippen molar-refractivity contribution in [3.05, 3.63) is 118 Å². The second-order valence-electron chi connectivity index (χ2n) is 7.35. The third-order valence-electron chi connectivity index (χ3n) is 5.53. The highest BCUT2D eigenvalue weighted by Crippen LogP contribution is 2.39. The summed E-state index contributed by atoms with van der Waals surface area (Å²) in [7, 11) is 1.64. The van der Waals surface area contributed by atoms with Crippen LogP contribution in [0.3, 0.4) is 0 Å². The molecule has 0 atom stereocenters. The van der Waals surface area contributed by atoms with Crippen molar-refractivity contribution >= 4 is 17.1 Å². The predicted molar refractivity (Wildman–Crippen MR) is 124 cm³/mol. The first-order valence-electron chi connectivity index (χ1n) is 10.2. The summed E-state index contributed by atoms with van der Waals surface area (Å²) in [5, 5.41) is 3.55. The van der Waals surface area contributed by atoms with E-state index >= 15 is 0 Å². The van der Waals surface area contributed by atoms with Gasteiger partial charge in [0.2, 0.25) is 5.95 Å². The number of nitrogens with one attached hydrogen (secondary N) is 3. The van der Waals surface area contributed by atoms with E-state index < -0.39 is 5.54 Å². The quantitative estimate of drug-likeness (QED) is 0.358. The molecule has 0 spiro atoms. The molecule has 0 saturated carbocycles. The van der Waals surface area contributed by atoms with E-state index in [2.05, 4.69) is 49.5 Å². The molecule has 0 aliphatic rings. The van der Waals surface area contributed by atoms with E-state index in [1.807, 2.05) is 60.7 Å². The number of anilines is 1. The number of rotatable bonds is 6. The average Bonchev–Trinajstić information content (AvgIpc) is 3.33. The maximum Gasteiger partial charge on any atom is 0.280 e. The molecule has 32 heavy (non-hydrogen) atoms. The Kier molecular flexibility index (Phi) is 4.91. The molecule has 0 radical (unpaired) electrons. The summed E-state index contributed by atoms with van der Waals surface area (Å²) >= 11 is 0. The normalized spacial score (nSPS) is 11.4. The topological polar surface area (TPSA) is 95.7 Å². The van der Waals surface area contributed by atoms with Crippen molar-refractivity contribution in [3.8, 4) is 5.75 Å². The Balaban J connectivity index is 1.78. The van der Waals surface area contributed by atoms with Crippen LogP contribution in [-0.4, -0.2) is 27.0 Å². The highest BCUT2D eigenvalue weighted by Gasteiger charge is 2.37. The molecule has 0 aliphatic heterocycles. The Hall–Kier alpha value is -4.39. The molecule has 158 valence electrons. The molecule has 5 aromatic rings. The van der Waals surface area contributed by atoms with E-state index in [1.54, 1.807) is 7.11 Å². The molecule has 3 aromatic carbocycles. The smallest absolute Gasteiger partial charge is 0.280 e. The van der Waals surface area contributed by atoms with Crippen LogP contribution in [0.4, 0.5) is 5.95 Å². The molecule has 2 aromatic heterocycles. The van der Waals surface area contributed by atoms with Crippen molar-refractivity contribution in [1.29, 1.82) is 0 Å². The monoisotopic (exact) mass is 423 g/mol. The van der Waals surface area contributed by atoms with Crippen molar-refractivity contribution in [2.45, 2.75) is 5.54 Å². The van der Waals surface area contributed by atoms with Gasteiger partial charge in [-0.05, 0) is 28.8 Å². The predicted octanol–water partition coefficient (Wildman–Crippen LogP) is 4.06. The number of ether oxygens (including phenoxy) is 1. The van der Waals surface area contributed by atoms with E-state index in [1.165, 1.54) is 6.33 Å². The minimum absolute atomic E-state index is 0.269. The maximum atomic E-state index is 12.6. The molecule has 0 aliphatic carbocycles. The molecule has 3 N–H and O–H groups in total. The summed E-state index contributed by atoms with van der Waals surface area (Å²) in [5.74, 6) is 1.09. The number of aromatic amines is 2. The molecule has 0 unspecified atom stereocenters. The van der Waals surface area contributed by atoms with Crippen LogP contribution in [0.2, 0.25) is 0 Å². The van der Waals surface area contributed by atoms with Gasteiger partial charge in [0.1, 0.15) is 11.3 Å². The van der Waals surface area contributed by atoms with Gasteiger partial charge in [0.25, 0.3) is 5.56 Å². The Morgan fingerprint density at radius 3 is 2.03 bits per heavy atom. The third kappa shape index (κ3) is 3.30. The van der Waals surface area contributed by atoms with Crippen LogP contribution in [0.25, 0.3) is 11.2 Å². The number of aromatic nitrogens is 4. The summed E-state index contributed by atoms with van der Waals surface area (Å²) in [6.07, 6.45) is 1.46. The van der Waals surface area contributed by atoms with Crippen molar-refractivity contribution in [1.82, 2.24) is 19.9 Å². The Morgan fingerprint density at radius 2 is 1.44 bits per heavy atom. The maximum absolute atomic E-state index is 12.6. The number of nitrogens with zero attached hydrogens (tertiary/aromatic N) is 2. The zero-order valence-corrected chi connectivity index (χ0v) is 17.4. The molecular weight excluding hydrogens is 402 g/mol. The fourth-order valence-corrected chi connectivity index (χ4v) is 4.02. The number of H-pyrrole nitrogens is 2. The zero-order valence-electron chi connectivity index (χ0n) is 17.4. The van der Waals surface area contributed by atoms with Crippen LogP contribution >= 0.6 is 0 Å². The molecule has 2 heterocycles. The number of methoxy groups -OCH3 is 1. The summed E-state index contributed by atoms with van der Waals surface area (Å²) in [4.78, 5) is 27.0. The van der Waals surface area contributed by atoms with Gasteiger partial charge >= 0.3 is 0 Å². The van der Waals surface area contributed by atoms with E-state index in [0.29, 0.717) is 11.6 Å². The van der Waals surface area contributed by atoms with Crippen molar-refractivity contribution < 1.29 is 4.74 Å². The van der Waals surface area contributed by atoms with E-state index in [-0.39, 0.29) is 11.1 Å². The molecule has 5 rings (SSSR count). The van der Waals surface area contributed by atoms with Crippen molar-refractivity contribution in [2.75, 3.05) is 12.4 Å². The minimum atomic E-state index is -0.835. The molecule has 7 heteroatoms. The highest BCUT2D eigenvalue weighted by molar-refractivity contribution is 5.70. The van der Waals surface area contributed by atoms with Gasteiger partial charge in [0.05, 0.1) is 13.4 Å². The molecule has 0 amide bonds. The van der Waals surface area contributed by atoms with Gasteiger partial charge in [0, 0.05) is 0 Å². The standard InChI is InChI=1S/C25H21N5O2/c1-32-20-14-12-19(13-15-20)25(17-8-4-2-5-9-17,18-10-6-3-7-11-18)30-24-28-22-21(23(31)29-24)26-16-27-22/h2-16H,1H3,(H3,26,27,28,29,30,31). The van der Waals surface area contributed by atoms with Crippen LogP contribution in [0.5, 0.6) is 5.75 Å². The molecule has 0 bridgehead atoms. The van der Waals surface area contributed by atoms with Gasteiger partial charge < -0.3 is 15.0 Å². The number of fused-ring (bicyclic) bond motifs is 1. The summed E-state index contributed by atoms with van der Waals surface area (Å²) < 4.78 is 5.38. The van der Waals surface area contributed by atoms with Crippen LogP contribution < -0.4 is 15.6 Å². The molecule has 0 saturated heterocycles. The van der Waals surface area contributed by atoms with Crippen LogP contribution in [0.15, 0.2) is 96.1 Å². The Labute approximate surface area is 184 Å². The Bertz CT molecular complexity index is 1350. The van der Waals surface area contributed by atoms with Crippen molar-refractivity contribution in [3.63, 3.8) is 0 Å². The van der Waals surface area contributed by atoms with Crippen LogP contribution in [0, 0.1) is 0 Å². The van der Waals surface area contributed by atoms with Gasteiger partial charge in [-0.25, -0.2) is 4.98 Å². The minimum Gasteiger partial charge on any atom is -0.497 e. The van der Waals surface area contributed by atoms with Gasteiger partial charge in [-0.2, -0.15) is 4.98 Å².